The van der Waals surface area contributed by atoms with Gasteiger partial charge in [-0.1, -0.05) is 90.2 Å². The van der Waals surface area contributed by atoms with Crippen molar-refractivity contribution in [1.29, 1.82) is 0 Å². The Balaban J connectivity index is 4.38. The van der Waals surface area contributed by atoms with Crippen molar-refractivity contribution in [2.45, 2.75) is 129 Å². The molecule has 3 N–H and O–H groups in total. The first kappa shape index (κ1) is 36.8. The number of allylic oxidation sites excluding steroid dienone is 2. The van der Waals surface area contributed by atoms with Gasteiger partial charge in [-0.2, -0.15) is 0 Å². The van der Waals surface area contributed by atoms with Crippen LogP contribution in [0.3, 0.4) is 0 Å². The van der Waals surface area contributed by atoms with Crippen molar-refractivity contribution in [2.75, 3.05) is 26.4 Å². The molecule has 0 radical (unpaired) electrons. The minimum absolute atomic E-state index is 0.0537. The maximum absolute atomic E-state index is 12.3. The Morgan fingerprint density at radius 2 is 1.34 bits per heavy atom. The Labute approximate surface area is 230 Å². The van der Waals surface area contributed by atoms with E-state index in [-0.39, 0.29) is 32.6 Å². The summed E-state index contributed by atoms with van der Waals surface area (Å²) in [5.74, 6) is -0.851. The van der Waals surface area contributed by atoms with E-state index in [1.807, 2.05) is 0 Å². The summed E-state index contributed by atoms with van der Waals surface area (Å²) in [6, 6.07) is 0. The lowest BCUT2D eigenvalue weighted by atomic mass is 10.1. The first-order valence-electron chi connectivity index (χ1n) is 14.7. The van der Waals surface area contributed by atoms with Crippen molar-refractivity contribution in [1.82, 2.24) is 0 Å². The Hall–Kier alpha value is -1.25. The molecule has 0 aromatic carbocycles. The molecule has 0 fully saturated rings. The number of ether oxygens (including phenoxy) is 2. The Kier molecular flexibility index (Phi) is 25.1. The predicted octanol–water partition coefficient (Wildman–Crippen LogP) is 6.76. The molecule has 0 aromatic heterocycles. The molecule has 9 nitrogen and oxygen atoms in total. The van der Waals surface area contributed by atoms with E-state index in [1.54, 1.807) is 0 Å². The van der Waals surface area contributed by atoms with E-state index in [9.17, 15) is 19.0 Å². The highest BCUT2D eigenvalue weighted by Crippen LogP contribution is 2.43. The Bertz CT molecular complexity index is 659. The average Bonchev–Trinajstić information content (AvgIpc) is 2.89. The van der Waals surface area contributed by atoms with Gasteiger partial charge in [-0.15, -0.1) is 0 Å². The Morgan fingerprint density at radius 3 is 1.97 bits per heavy atom. The van der Waals surface area contributed by atoms with Gasteiger partial charge in [0.05, 0.1) is 13.2 Å². The van der Waals surface area contributed by atoms with Crippen molar-refractivity contribution in [2.24, 2.45) is 5.73 Å². The number of carbonyl (C=O) groups excluding carboxylic acids is 2. The number of unbranched alkanes of at least 4 members (excludes halogenated alkanes) is 12. The first-order chi connectivity index (χ1) is 18.3. The predicted molar refractivity (Wildman–Crippen MR) is 151 cm³/mol. The summed E-state index contributed by atoms with van der Waals surface area (Å²) in [6.45, 7) is 3.56. The fourth-order valence-corrected chi connectivity index (χ4v) is 4.46. The molecule has 0 spiro atoms. The second-order valence-electron chi connectivity index (χ2n) is 9.62. The Morgan fingerprint density at radius 1 is 0.763 bits per heavy atom. The van der Waals surface area contributed by atoms with Crippen LogP contribution < -0.4 is 5.73 Å². The zero-order valence-electron chi connectivity index (χ0n) is 23.9. The number of nitrogens with two attached hydrogens (primary N) is 1. The van der Waals surface area contributed by atoms with Gasteiger partial charge in [-0.25, -0.2) is 4.57 Å². The monoisotopic (exact) mass is 563 g/mol. The number of hydrogen-bond acceptors (Lipinski definition) is 8. The SMILES string of the molecule is CCC/C=C\CCCCCCCC(=O)OC(COC(=O)CCCCCCCCC)COP(=O)(O)OCCN. The number of carbonyl (C=O) groups is 2. The number of esters is 2. The molecular formula is C28H54NO8P. The fraction of sp³-hybridized carbons (Fsp3) is 0.857. The van der Waals surface area contributed by atoms with Crippen LogP contribution in [-0.4, -0.2) is 49.3 Å². The maximum atomic E-state index is 12.3. The minimum atomic E-state index is -4.35. The van der Waals surface area contributed by atoms with Crippen LogP contribution in [0.5, 0.6) is 0 Å². The smallest absolute Gasteiger partial charge is 0.462 e. The van der Waals surface area contributed by atoms with E-state index < -0.39 is 32.5 Å². The van der Waals surface area contributed by atoms with Gasteiger partial charge >= 0.3 is 19.8 Å². The highest BCUT2D eigenvalue weighted by Gasteiger charge is 2.25. The summed E-state index contributed by atoms with van der Waals surface area (Å²) in [5.41, 5.74) is 5.29. The van der Waals surface area contributed by atoms with Gasteiger partial charge < -0.3 is 20.1 Å². The van der Waals surface area contributed by atoms with Crippen LogP contribution in [0.15, 0.2) is 12.2 Å². The first-order valence-corrected chi connectivity index (χ1v) is 16.2. The van der Waals surface area contributed by atoms with E-state index in [0.717, 1.165) is 57.8 Å². The number of phosphoric ester groups is 1. The summed E-state index contributed by atoms with van der Waals surface area (Å²) in [6.07, 6.45) is 19.9. The van der Waals surface area contributed by atoms with Crippen molar-refractivity contribution in [3.63, 3.8) is 0 Å². The molecule has 10 heteroatoms. The quantitative estimate of drug-likeness (QED) is 0.0481. The van der Waals surface area contributed by atoms with Gasteiger partial charge in [0.1, 0.15) is 6.61 Å². The second kappa shape index (κ2) is 26.0. The summed E-state index contributed by atoms with van der Waals surface area (Å²) < 4.78 is 32.3. The molecule has 0 heterocycles. The van der Waals surface area contributed by atoms with Gasteiger partial charge in [-0.05, 0) is 32.1 Å². The largest absolute Gasteiger partial charge is 0.472 e. The van der Waals surface area contributed by atoms with Crippen LogP contribution >= 0.6 is 7.82 Å². The highest BCUT2D eigenvalue weighted by molar-refractivity contribution is 7.47. The maximum Gasteiger partial charge on any atom is 0.472 e. The number of hydrogen-bond donors (Lipinski definition) is 2. The fourth-order valence-electron chi connectivity index (χ4n) is 3.69. The normalized spacial score (nSPS) is 13.9. The summed E-state index contributed by atoms with van der Waals surface area (Å²) in [4.78, 5) is 34.2. The van der Waals surface area contributed by atoms with Crippen molar-refractivity contribution >= 4 is 19.8 Å². The molecule has 0 saturated heterocycles. The lowest BCUT2D eigenvalue weighted by Gasteiger charge is -2.19. The van der Waals surface area contributed by atoms with Crippen LogP contribution in [0.2, 0.25) is 0 Å². The summed E-state index contributed by atoms with van der Waals surface area (Å²) >= 11 is 0. The second-order valence-corrected chi connectivity index (χ2v) is 11.1. The molecule has 0 amide bonds. The summed E-state index contributed by atoms with van der Waals surface area (Å²) in [7, 11) is -4.35. The van der Waals surface area contributed by atoms with Crippen LogP contribution in [0.4, 0.5) is 0 Å². The van der Waals surface area contributed by atoms with Crippen LogP contribution in [0.1, 0.15) is 123 Å². The number of phosphoric acid groups is 1. The topological polar surface area (TPSA) is 134 Å². The summed E-state index contributed by atoms with van der Waals surface area (Å²) in [5, 5.41) is 0. The van der Waals surface area contributed by atoms with E-state index >= 15 is 0 Å². The molecule has 0 aliphatic rings. The number of rotatable bonds is 27. The van der Waals surface area contributed by atoms with Gasteiger partial charge in [-0.3, -0.25) is 18.6 Å². The van der Waals surface area contributed by atoms with Gasteiger partial charge in [0.15, 0.2) is 6.10 Å². The van der Waals surface area contributed by atoms with Gasteiger partial charge in [0.25, 0.3) is 0 Å². The molecule has 0 rings (SSSR count). The van der Waals surface area contributed by atoms with E-state index in [1.165, 1.54) is 32.1 Å². The van der Waals surface area contributed by atoms with Crippen LogP contribution in [0, 0.1) is 0 Å². The molecule has 2 atom stereocenters. The van der Waals surface area contributed by atoms with Crippen molar-refractivity contribution in [3.8, 4) is 0 Å². The molecule has 224 valence electrons. The molecule has 0 aliphatic carbocycles. The standard InChI is InChI=1S/C28H54NO8P/c1-3-5-7-9-11-12-13-15-17-19-21-28(31)37-26(25-36-38(32,33)35-23-22-29)24-34-27(30)20-18-16-14-10-8-6-4-2/h7,9,26H,3-6,8,10-25,29H2,1-2H3,(H,32,33)/b9-7-. The third kappa shape index (κ3) is 25.1. The molecule has 0 aromatic rings. The van der Waals surface area contributed by atoms with E-state index in [4.69, 9.17) is 24.3 Å². The van der Waals surface area contributed by atoms with Gasteiger partial charge in [0, 0.05) is 19.4 Å². The lowest BCUT2D eigenvalue weighted by Crippen LogP contribution is -2.29. The average molecular weight is 564 g/mol. The van der Waals surface area contributed by atoms with Crippen LogP contribution in [-0.2, 0) is 32.7 Å². The van der Waals surface area contributed by atoms with E-state index in [0.29, 0.717) is 6.42 Å². The third-order valence-corrected chi connectivity index (χ3v) is 6.87. The zero-order chi connectivity index (χ0) is 28.3. The van der Waals surface area contributed by atoms with E-state index in [2.05, 4.69) is 26.0 Å². The minimum Gasteiger partial charge on any atom is -0.462 e. The molecule has 0 bridgehead atoms. The molecule has 0 saturated carbocycles. The van der Waals surface area contributed by atoms with Crippen molar-refractivity contribution < 1.29 is 37.6 Å². The molecule has 2 unspecified atom stereocenters. The van der Waals surface area contributed by atoms with Crippen molar-refractivity contribution in [3.05, 3.63) is 12.2 Å². The third-order valence-electron chi connectivity index (χ3n) is 5.88. The lowest BCUT2D eigenvalue weighted by molar-refractivity contribution is -0.161. The molecule has 0 aliphatic heterocycles. The molecule has 38 heavy (non-hydrogen) atoms. The van der Waals surface area contributed by atoms with Gasteiger partial charge in [0.2, 0.25) is 0 Å². The van der Waals surface area contributed by atoms with Crippen LogP contribution in [0.25, 0.3) is 0 Å². The molecular weight excluding hydrogens is 509 g/mol. The highest BCUT2D eigenvalue weighted by atomic mass is 31.2. The zero-order valence-corrected chi connectivity index (χ0v) is 24.8.